The van der Waals surface area contributed by atoms with Crippen molar-refractivity contribution in [2.24, 2.45) is 0 Å². The zero-order chi connectivity index (χ0) is 18.4. The number of anilines is 2. The number of nitrogen functional groups attached to an aromatic ring is 1. The number of fused-ring (bicyclic) bond motifs is 2. The molecule has 6 nitrogen and oxygen atoms in total. The van der Waals surface area contributed by atoms with Gasteiger partial charge in [-0.2, -0.15) is 0 Å². The quantitative estimate of drug-likeness (QED) is 0.726. The molecule has 2 heterocycles. The number of piperidine rings is 1. The van der Waals surface area contributed by atoms with Crippen LogP contribution in [0.2, 0.25) is 0 Å². The van der Waals surface area contributed by atoms with E-state index in [4.69, 9.17) is 5.73 Å². The van der Waals surface area contributed by atoms with Crippen LogP contribution >= 0.6 is 0 Å². The van der Waals surface area contributed by atoms with Crippen LogP contribution in [-0.2, 0) is 0 Å². The average Bonchev–Trinajstić information content (AvgIpc) is 3.02. The number of rotatable bonds is 3. The van der Waals surface area contributed by atoms with Gasteiger partial charge in [0.05, 0.1) is 0 Å². The molecule has 26 heavy (non-hydrogen) atoms. The summed E-state index contributed by atoms with van der Waals surface area (Å²) in [5.41, 5.74) is 11.4. The Bertz CT molecular complexity index is 702. The van der Waals surface area contributed by atoms with E-state index in [1.807, 2.05) is 24.8 Å². The Morgan fingerprint density at radius 2 is 2.08 bits per heavy atom. The molecule has 142 valence electrons. The number of carbonyl (C=O) groups excluding carboxylic acids is 1. The Hall–Kier alpha value is -1.95. The van der Waals surface area contributed by atoms with Crippen LogP contribution < -0.4 is 16.4 Å². The van der Waals surface area contributed by atoms with Crippen LogP contribution in [0.5, 0.6) is 0 Å². The molecule has 4 rings (SSSR count). The number of nitrogens with zero attached hydrogens (tertiary/aromatic N) is 2. The summed E-state index contributed by atoms with van der Waals surface area (Å²) in [6, 6.07) is 4.89. The lowest BCUT2D eigenvalue weighted by Gasteiger charge is -2.48. The maximum Gasteiger partial charge on any atom is 0.317 e. The van der Waals surface area contributed by atoms with Gasteiger partial charge in [-0.15, -0.1) is 0 Å². The van der Waals surface area contributed by atoms with E-state index in [2.05, 4.69) is 28.6 Å². The summed E-state index contributed by atoms with van der Waals surface area (Å²) in [5, 5.41) is 6.82. The van der Waals surface area contributed by atoms with Crippen LogP contribution in [0.15, 0.2) is 12.1 Å². The van der Waals surface area contributed by atoms with E-state index in [9.17, 15) is 4.79 Å². The lowest BCUT2D eigenvalue weighted by Crippen LogP contribution is -2.56. The molecular weight excluding hydrogens is 326 g/mol. The monoisotopic (exact) mass is 357 g/mol. The summed E-state index contributed by atoms with van der Waals surface area (Å²) in [6.45, 7) is 7.45. The molecular formula is C20H31N5O. The Morgan fingerprint density at radius 1 is 1.31 bits per heavy atom. The molecule has 1 aromatic carbocycles. The first-order valence-electron chi connectivity index (χ1n) is 9.95. The summed E-state index contributed by atoms with van der Waals surface area (Å²) >= 11 is 0. The number of likely N-dealkylation sites (N-methyl/N-ethyl adjacent to an activating group) is 1. The molecule has 4 atom stereocenters. The predicted molar refractivity (Wildman–Crippen MR) is 106 cm³/mol. The number of benzene rings is 1. The van der Waals surface area contributed by atoms with Crippen LogP contribution in [-0.4, -0.2) is 61.1 Å². The fourth-order valence-electron chi connectivity index (χ4n) is 5.35. The molecule has 1 aliphatic carbocycles. The number of hydrogen-bond acceptors (Lipinski definition) is 4. The summed E-state index contributed by atoms with van der Waals surface area (Å²) in [5.74, 6) is 0.955. The highest BCUT2D eigenvalue weighted by Gasteiger charge is 2.45. The highest BCUT2D eigenvalue weighted by atomic mass is 16.2. The van der Waals surface area contributed by atoms with Gasteiger partial charge in [-0.25, -0.2) is 4.79 Å². The lowest BCUT2D eigenvalue weighted by atomic mass is 9.69. The first-order chi connectivity index (χ1) is 12.5. The van der Waals surface area contributed by atoms with Crippen molar-refractivity contribution < 1.29 is 4.79 Å². The van der Waals surface area contributed by atoms with Crippen LogP contribution in [0.25, 0.3) is 0 Å². The Kier molecular flexibility index (Phi) is 4.47. The third-order valence-electron chi connectivity index (χ3n) is 6.62. The Balaban J connectivity index is 1.60. The predicted octanol–water partition coefficient (Wildman–Crippen LogP) is 2.39. The lowest BCUT2D eigenvalue weighted by molar-refractivity contribution is 0.109. The molecule has 1 fully saturated rings. The number of carbonyl (C=O) groups is 1. The molecule has 0 aromatic heterocycles. The van der Waals surface area contributed by atoms with Crippen molar-refractivity contribution in [3.05, 3.63) is 23.3 Å². The van der Waals surface area contributed by atoms with Crippen molar-refractivity contribution in [1.82, 2.24) is 15.1 Å². The third-order valence-corrected chi connectivity index (χ3v) is 6.62. The van der Waals surface area contributed by atoms with Gasteiger partial charge in [-0.05, 0) is 57.0 Å². The summed E-state index contributed by atoms with van der Waals surface area (Å²) in [6.07, 6.45) is 2.14. The number of nitrogens with two attached hydrogens (primary N) is 1. The molecule has 2 aliphatic heterocycles. The van der Waals surface area contributed by atoms with Crippen molar-refractivity contribution in [3.63, 3.8) is 0 Å². The van der Waals surface area contributed by atoms with Crippen molar-refractivity contribution in [1.29, 1.82) is 0 Å². The zero-order valence-electron chi connectivity index (χ0n) is 16.1. The van der Waals surface area contributed by atoms with Crippen molar-refractivity contribution in [2.75, 3.05) is 44.3 Å². The first kappa shape index (κ1) is 17.5. The van der Waals surface area contributed by atoms with E-state index < -0.39 is 0 Å². The van der Waals surface area contributed by atoms with E-state index in [1.54, 1.807) is 0 Å². The molecule has 6 heteroatoms. The number of urea groups is 1. The van der Waals surface area contributed by atoms with Gasteiger partial charge < -0.3 is 26.2 Å². The van der Waals surface area contributed by atoms with E-state index in [1.165, 1.54) is 23.2 Å². The summed E-state index contributed by atoms with van der Waals surface area (Å²) < 4.78 is 0. The van der Waals surface area contributed by atoms with Gasteiger partial charge in [0.25, 0.3) is 0 Å². The second-order valence-corrected chi connectivity index (χ2v) is 8.01. The van der Waals surface area contributed by atoms with E-state index >= 15 is 0 Å². The van der Waals surface area contributed by atoms with E-state index in [0.29, 0.717) is 17.9 Å². The van der Waals surface area contributed by atoms with Crippen LogP contribution in [0.1, 0.15) is 49.7 Å². The largest absolute Gasteiger partial charge is 0.398 e. The standard InChI is InChI=1S/C20H31N5O/c1-4-25(5-2)20(26)23-13-9-14-17(24(3)11-13)8-12-10-22-16-7-6-15(21)19(14)18(12)16/h6-7,12-14,17,22H,4-5,8-11,21H2,1-3H3,(H,23,26)/t12?,13-,14-,17+/m0/s1. The van der Waals surface area contributed by atoms with Gasteiger partial charge in [-0.3, -0.25) is 0 Å². The molecule has 0 spiro atoms. The van der Waals surface area contributed by atoms with Gasteiger partial charge in [0.15, 0.2) is 0 Å². The number of likely N-dealkylation sites (tertiary alicyclic amines) is 1. The zero-order valence-corrected chi connectivity index (χ0v) is 16.1. The maximum atomic E-state index is 12.5. The van der Waals surface area contributed by atoms with Crippen LogP contribution in [0, 0.1) is 0 Å². The molecule has 3 aliphatic rings. The average molecular weight is 358 g/mol. The van der Waals surface area contributed by atoms with Crippen LogP contribution in [0.3, 0.4) is 0 Å². The van der Waals surface area contributed by atoms with Crippen molar-refractivity contribution in [3.8, 4) is 0 Å². The minimum Gasteiger partial charge on any atom is -0.398 e. The highest BCUT2D eigenvalue weighted by Crippen LogP contribution is 2.51. The SMILES string of the molecule is CCN(CC)C(=O)N[C@H]1C[C@@H]2c3c(N)ccc4c3C(CN4)C[C@H]2N(C)C1. The normalized spacial score (nSPS) is 29.5. The summed E-state index contributed by atoms with van der Waals surface area (Å²) in [4.78, 5) is 16.8. The summed E-state index contributed by atoms with van der Waals surface area (Å²) in [7, 11) is 2.20. The maximum absolute atomic E-state index is 12.5. The molecule has 0 bridgehead atoms. The molecule has 4 N–H and O–H groups in total. The van der Waals surface area contributed by atoms with Gasteiger partial charge in [0.2, 0.25) is 0 Å². The first-order valence-corrected chi connectivity index (χ1v) is 9.95. The number of amides is 2. The van der Waals surface area contributed by atoms with Crippen molar-refractivity contribution >= 4 is 17.4 Å². The van der Waals surface area contributed by atoms with Gasteiger partial charge in [0.1, 0.15) is 0 Å². The number of hydrogen-bond donors (Lipinski definition) is 3. The fraction of sp³-hybridized carbons (Fsp3) is 0.650. The minimum atomic E-state index is 0.0495. The molecule has 0 saturated carbocycles. The van der Waals surface area contributed by atoms with Gasteiger partial charge in [0, 0.05) is 61.5 Å². The molecule has 1 aromatic rings. The second-order valence-electron chi connectivity index (χ2n) is 8.01. The molecule has 2 amide bonds. The molecule has 1 unspecified atom stereocenters. The molecule has 0 radical (unpaired) electrons. The fourth-order valence-corrected chi connectivity index (χ4v) is 5.35. The number of nitrogens with one attached hydrogen (secondary N) is 2. The van der Waals surface area contributed by atoms with E-state index in [-0.39, 0.29) is 12.1 Å². The third kappa shape index (κ3) is 2.71. The Morgan fingerprint density at radius 3 is 2.81 bits per heavy atom. The van der Waals surface area contributed by atoms with Gasteiger partial charge in [-0.1, -0.05) is 0 Å². The molecule has 1 saturated heterocycles. The smallest absolute Gasteiger partial charge is 0.317 e. The minimum absolute atomic E-state index is 0.0495. The topological polar surface area (TPSA) is 73.6 Å². The van der Waals surface area contributed by atoms with Gasteiger partial charge >= 0.3 is 6.03 Å². The van der Waals surface area contributed by atoms with Crippen LogP contribution in [0.4, 0.5) is 16.2 Å². The highest BCUT2D eigenvalue weighted by molar-refractivity contribution is 5.75. The Labute approximate surface area is 156 Å². The van der Waals surface area contributed by atoms with Crippen molar-refractivity contribution in [2.45, 2.75) is 50.6 Å². The second kappa shape index (κ2) is 6.65. The van der Waals surface area contributed by atoms with E-state index in [0.717, 1.165) is 38.3 Å².